The van der Waals surface area contributed by atoms with Gasteiger partial charge in [0.2, 0.25) is 0 Å². The molecule has 1 aliphatic carbocycles. The minimum absolute atomic E-state index is 0.0903. The zero-order chi connectivity index (χ0) is 16.1. The molecule has 1 aliphatic heterocycles. The molecule has 2 N–H and O–H groups in total. The molecule has 0 aromatic heterocycles. The van der Waals surface area contributed by atoms with Crippen molar-refractivity contribution in [1.29, 1.82) is 0 Å². The first-order valence-electron chi connectivity index (χ1n) is 9.05. The molecular formula is C19H30N2O2. The van der Waals surface area contributed by atoms with Gasteiger partial charge in [0.1, 0.15) is 0 Å². The Labute approximate surface area is 139 Å². The van der Waals surface area contributed by atoms with Crippen molar-refractivity contribution in [3.8, 4) is 0 Å². The highest BCUT2D eigenvalue weighted by Crippen LogP contribution is 2.27. The Balaban J connectivity index is 1.69. The Morgan fingerprint density at radius 1 is 1.09 bits per heavy atom. The highest BCUT2D eigenvalue weighted by atomic mass is 16.5. The number of aliphatic hydroxyl groups excluding tert-OH is 1. The lowest BCUT2D eigenvalue weighted by molar-refractivity contribution is 0.00656. The lowest BCUT2D eigenvalue weighted by Crippen LogP contribution is -2.50. The van der Waals surface area contributed by atoms with Crippen molar-refractivity contribution >= 4 is 0 Å². The van der Waals surface area contributed by atoms with Crippen LogP contribution in [-0.2, 0) is 4.74 Å². The van der Waals surface area contributed by atoms with Crippen molar-refractivity contribution < 1.29 is 9.84 Å². The number of ether oxygens (including phenoxy) is 1. The number of rotatable bonds is 5. The van der Waals surface area contributed by atoms with Gasteiger partial charge in [-0.05, 0) is 38.2 Å². The second-order valence-electron chi connectivity index (χ2n) is 6.96. The van der Waals surface area contributed by atoms with E-state index in [2.05, 4.69) is 47.5 Å². The summed E-state index contributed by atoms with van der Waals surface area (Å²) >= 11 is 0. The Morgan fingerprint density at radius 3 is 2.39 bits per heavy atom. The number of nitrogens with one attached hydrogen (secondary N) is 1. The second-order valence-corrected chi connectivity index (χ2v) is 6.96. The molecule has 23 heavy (non-hydrogen) atoms. The molecule has 0 radical (unpaired) electrons. The van der Waals surface area contributed by atoms with Gasteiger partial charge in [-0.3, -0.25) is 4.90 Å². The zero-order valence-electron chi connectivity index (χ0n) is 14.2. The molecule has 0 bridgehead atoms. The number of nitrogens with zero attached hydrogens (tertiary/aromatic N) is 1. The topological polar surface area (TPSA) is 44.7 Å². The number of aliphatic hydroxyl groups is 1. The van der Waals surface area contributed by atoms with Crippen molar-refractivity contribution in [2.24, 2.45) is 0 Å². The van der Waals surface area contributed by atoms with Gasteiger partial charge in [0.25, 0.3) is 0 Å². The number of morpholine rings is 1. The van der Waals surface area contributed by atoms with Gasteiger partial charge in [-0.25, -0.2) is 0 Å². The van der Waals surface area contributed by atoms with E-state index in [0.717, 1.165) is 52.0 Å². The third-order valence-electron chi connectivity index (χ3n) is 5.25. The van der Waals surface area contributed by atoms with Gasteiger partial charge in [0, 0.05) is 25.2 Å². The van der Waals surface area contributed by atoms with E-state index in [1.54, 1.807) is 0 Å². The average molecular weight is 318 g/mol. The predicted octanol–water partition coefficient (Wildman–Crippen LogP) is 2.34. The van der Waals surface area contributed by atoms with Crippen molar-refractivity contribution in [3.63, 3.8) is 0 Å². The molecule has 0 amide bonds. The summed E-state index contributed by atoms with van der Waals surface area (Å²) in [6.45, 7) is 5.94. The molecule has 128 valence electrons. The van der Waals surface area contributed by atoms with Crippen LogP contribution in [0, 0.1) is 0 Å². The van der Waals surface area contributed by atoms with Gasteiger partial charge in [-0.1, -0.05) is 30.3 Å². The largest absolute Gasteiger partial charge is 0.393 e. The number of hydrogen-bond acceptors (Lipinski definition) is 4. The van der Waals surface area contributed by atoms with Gasteiger partial charge < -0.3 is 15.2 Å². The van der Waals surface area contributed by atoms with Crippen LogP contribution in [0.5, 0.6) is 0 Å². The lowest BCUT2D eigenvalue weighted by Gasteiger charge is -2.40. The van der Waals surface area contributed by atoms with E-state index in [1.807, 2.05) is 0 Å². The van der Waals surface area contributed by atoms with Gasteiger partial charge in [-0.15, -0.1) is 0 Å². The van der Waals surface area contributed by atoms with E-state index in [9.17, 15) is 5.11 Å². The summed E-state index contributed by atoms with van der Waals surface area (Å²) in [6.07, 6.45) is 3.93. The Morgan fingerprint density at radius 2 is 1.74 bits per heavy atom. The summed E-state index contributed by atoms with van der Waals surface area (Å²) < 4.78 is 5.54. The third kappa shape index (κ3) is 4.54. The molecule has 1 saturated heterocycles. The van der Waals surface area contributed by atoms with Crippen LogP contribution in [0.1, 0.15) is 44.2 Å². The van der Waals surface area contributed by atoms with Crippen LogP contribution in [0.2, 0.25) is 0 Å². The minimum atomic E-state index is -0.0903. The average Bonchev–Trinajstić information content (AvgIpc) is 2.59. The van der Waals surface area contributed by atoms with Crippen molar-refractivity contribution in [2.75, 3.05) is 26.3 Å². The molecule has 1 saturated carbocycles. The summed E-state index contributed by atoms with van der Waals surface area (Å²) in [6, 6.07) is 12.1. The maximum absolute atomic E-state index is 9.70. The second kappa shape index (κ2) is 8.25. The highest BCUT2D eigenvalue weighted by Gasteiger charge is 2.30. The smallest absolute Gasteiger partial charge is 0.0594 e. The van der Waals surface area contributed by atoms with Gasteiger partial charge in [0.15, 0.2) is 0 Å². The fourth-order valence-corrected chi connectivity index (χ4v) is 4.03. The van der Waals surface area contributed by atoms with E-state index in [0.29, 0.717) is 18.1 Å². The first-order valence-corrected chi connectivity index (χ1v) is 9.05. The van der Waals surface area contributed by atoms with E-state index in [4.69, 9.17) is 4.74 Å². The molecule has 1 heterocycles. The molecule has 2 atom stereocenters. The molecule has 3 rings (SSSR count). The van der Waals surface area contributed by atoms with Crippen LogP contribution in [0.3, 0.4) is 0 Å². The van der Waals surface area contributed by atoms with Crippen LogP contribution < -0.4 is 5.32 Å². The van der Waals surface area contributed by atoms with E-state index < -0.39 is 0 Å². The highest BCUT2D eigenvalue weighted by molar-refractivity contribution is 5.21. The first kappa shape index (κ1) is 16.9. The Kier molecular flexibility index (Phi) is 6.06. The summed E-state index contributed by atoms with van der Waals surface area (Å²) in [5, 5.41) is 13.5. The van der Waals surface area contributed by atoms with E-state index >= 15 is 0 Å². The van der Waals surface area contributed by atoms with Crippen LogP contribution in [-0.4, -0.2) is 54.5 Å². The van der Waals surface area contributed by atoms with Crippen molar-refractivity contribution in [2.45, 2.75) is 56.8 Å². The quantitative estimate of drug-likeness (QED) is 0.875. The normalized spacial score (nSPS) is 29.1. The molecule has 1 aromatic carbocycles. The number of hydrogen-bond donors (Lipinski definition) is 2. The first-order chi connectivity index (χ1) is 11.2. The molecule has 2 aliphatic rings. The SMILES string of the molecule is C[C@H](NC1CCC(O)CC1)[C@H](c1ccccc1)N1CCOCC1. The summed E-state index contributed by atoms with van der Waals surface area (Å²) in [7, 11) is 0. The zero-order valence-corrected chi connectivity index (χ0v) is 14.2. The van der Waals surface area contributed by atoms with Crippen LogP contribution >= 0.6 is 0 Å². The monoisotopic (exact) mass is 318 g/mol. The minimum Gasteiger partial charge on any atom is -0.393 e. The molecule has 4 nitrogen and oxygen atoms in total. The Hall–Kier alpha value is -0.940. The maximum Gasteiger partial charge on any atom is 0.0594 e. The van der Waals surface area contributed by atoms with E-state index in [-0.39, 0.29) is 6.10 Å². The molecule has 0 spiro atoms. The molecule has 0 unspecified atom stereocenters. The number of benzene rings is 1. The van der Waals surface area contributed by atoms with Gasteiger partial charge in [0.05, 0.1) is 25.4 Å². The van der Waals surface area contributed by atoms with Crippen LogP contribution in [0.25, 0.3) is 0 Å². The third-order valence-corrected chi connectivity index (χ3v) is 5.25. The lowest BCUT2D eigenvalue weighted by atomic mass is 9.91. The standard InChI is InChI=1S/C19H30N2O2/c1-15(20-17-7-9-18(22)10-8-17)19(16-5-3-2-4-6-16)21-11-13-23-14-12-21/h2-6,15,17-20,22H,7-14H2,1H3/t15-,17?,18?,19+/m0/s1. The van der Waals surface area contributed by atoms with Gasteiger partial charge in [-0.2, -0.15) is 0 Å². The molecule has 1 aromatic rings. The van der Waals surface area contributed by atoms with Gasteiger partial charge >= 0.3 is 0 Å². The molecule has 4 heteroatoms. The fraction of sp³-hybridized carbons (Fsp3) is 0.684. The summed E-state index contributed by atoms with van der Waals surface area (Å²) in [5.74, 6) is 0. The van der Waals surface area contributed by atoms with E-state index in [1.165, 1.54) is 5.56 Å². The fourth-order valence-electron chi connectivity index (χ4n) is 4.03. The Bertz CT molecular complexity index is 454. The van der Waals surface area contributed by atoms with Crippen molar-refractivity contribution in [1.82, 2.24) is 10.2 Å². The van der Waals surface area contributed by atoms with Crippen LogP contribution in [0.4, 0.5) is 0 Å². The predicted molar refractivity (Wildman–Crippen MR) is 92.4 cm³/mol. The summed E-state index contributed by atoms with van der Waals surface area (Å²) in [5.41, 5.74) is 1.38. The molecular weight excluding hydrogens is 288 g/mol. The maximum atomic E-state index is 9.70. The summed E-state index contributed by atoms with van der Waals surface area (Å²) in [4.78, 5) is 2.55. The van der Waals surface area contributed by atoms with Crippen molar-refractivity contribution in [3.05, 3.63) is 35.9 Å². The van der Waals surface area contributed by atoms with Crippen LogP contribution in [0.15, 0.2) is 30.3 Å². The molecule has 2 fully saturated rings.